The molecule has 2 aliphatic rings. The maximum atomic E-state index is 13.0. The SMILES string of the molecule is Cc1ccc(S(N)(=O)=O)cc1C(=O)N1CC[C@@H]2OCc3cnnn3[C@H]2C1. The van der Waals surface area contributed by atoms with Crippen LogP contribution < -0.4 is 5.14 Å². The minimum absolute atomic E-state index is 0.00917. The highest BCUT2D eigenvalue weighted by atomic mass is 32.2. The number of rotatable bonds is 2. The Morgan fingerprint density at radius 2 is 2.19 bits per heavy atom. The van der Waals surface area contributed by atoms with E-state index in [0.29, 0.717) is 37.2 Å². The van der Waals surface area contributed by atoms with Crippen LogP contribution in [0, 0.1) is 6.92 Å². The van der Waals surface area contributed by atoms with Crippen LogP contribution in [-0.2, 0) is 21.4 Å². The quantitative estimate of drug-likeness (QED) is 0.799. The third-order valence-electron chi connectivity index (χ3n) is 4.98. The Morgan fingerprint density at radius 3 is 2.96 bits per heavy atom. The molecule has 26 heavy (non-hydrogen) atoms. The summed E-state index contributed by atoms with van der Waals surface area (Å²) in [4.78, 5) is 14.7. The van der Waals surface area contributed by atoms with Crippen LogP contribution in [0.5, 0.6) is 0 Å². The van der Waals surface area contributed by atoms with Crippen LogP contribution in [0.15, 0.2) is 29.3 Å². The number of carbonyl (C=O) groups is 1. The molecule has 0 radical (unpaired) electrons. The number of aryl methyl sites for hydroxylation is 1. The molecule has 1 aromatic heterocycles. The van der Waals surface area contributed by atoms with Gasteiger partial charge in [0.1, 0.15) is 0 Å². The number of hydrogen-bond acceptors (Lipinski definition) is 6. The van der Waals surface area contributed by atoms with Gasteiger partial charge in [0.2, 0.25) is 10.0 Å². The summed E-state index contributed by atoms with van der Waals surface area (Å²) in [7, 11) is -3.87. The number of sulfonamides is 1. The van der Waals surface area contributed by atoms with Crippen molar-refractivity contribution in [3.8, 4) is 0 Å². The smallest absolute Gasteiger partial charge is 0.254 e. The molecule has 2 aliphatic heterocycles. The molecule has 9 nitrogen and oxygen atoms in total. The number of ether oxygens (including phenoxy) is 1. The van der Waals surface area contributed by atoms with Gasteiger partial charge in [-0.2, -0.15) is 0 Å². The average Bonchev–Trinajstić information content (AvgIpc) is 3.09. The van der Waals surface area contributed by atoms with Gasteiger partial charge in [0.15, 0.2) is 0 Å². The fourth-order valence-corrected chi connectivity index (χ4v) is 4.08. The lowest BCUT2D eigenvalue weighted by Crippen LogP contribution is -2.50. The van der Waals surface area contributed by atoms with Gasteiger partial charge in [-0.1, -0.05) is 11.3 Å². The lowest BCUT2D eigenvalue weighted by atomic mass is 9.99. The van der Waals surface area contributed by atoms with E-state index in [1.54, 1.807) is 24.1 Å². The van der Waals surface area contributed by atoms with Crippen molar-refractivity contribution >= 4 is 15.9 Å². The molecule has 0 aliphatic carbocycles. The van der Waals surface area contributed by atoms with Crippen molar-refractivity contribution in [2.24, 2.45) is 5.14 Å². The number of hydrogen-bond donors (Lipinski definition) is 1. The Bertz CT molecular complexity index is 971. The average molecular weight is 377 g/mol. The van der Waals surface area contributed by atoms with E-state index in [4.69, 9.17) is 9.88 Å². The summed E-state index contributed by atoms with van der Waals surface area (Å²) in [6.45, 7) is 3.20. The standard InChI is InChI=1S/C16H19N5O4S/c1-10-2-3-12(26(17,23)24)6-13(10)16(22)20-5-4-15-14(8-20)21-11(9-25-15)7-18-19-21/h2-3,6-7,14-15H,4-5,8-9H2,1H3,(H2,17,23,24)/t14-,15-/m0/s1. The molecule has 4 rings (SSSR count). The highest BCUT2D eigenvalue weighted by Gasteiger charge is 2.38. The summed E-state index contributed by atoms with van der Waals surface area (Å²) in [5.74, 6) is -0.223. The van der Waals surface area contributed by atoms with Gasteiger partial charge >= 0.3 is 0 Å². The molecule has 0 unspecified atom stereocenters. The second kappa shape index (κ2) is 6.15. The minimum Gasteiger partial charge on any atom is -0.370 e. The van der Waals surface area contributed by atoms with E-state index >= 15 is 0 Å². The van der Waals surface area contributed by atoms with Gasteiger partial charge in [-0.3, -0.25) is 4.79 Å². The van der Waals surface area contributed by atoms with Crippen molar-refractivity contribution in [1.82, 2.24) is 19.9 Å². The summed E-state index contributed by atoms with van der Waals surface area (Å²) in [6.07, 6.45) is 2.34. The summed E-state index contributed by atoms with van der Waals surface area (Å²) in [6, 6.07) is 4.25. The van der Waals surface area contributed by atoms with E-state index in [1.165, 1.54) is 12.1 Å². The van der Waals surface area contributed by atoms with Crippen LogP contribution in [0.3, 0.4) is 0 Å². The highest BCUT2D eigenvalue weighted by Crippen LogP contribution is 2.31. The second-order valence-electron chi connectivity index (χ2n) is 6.65. The molecule has 2 aromatic rings. The molecule has 0 saturated carbocycles. The van der Waals surface area contributed by atoms with Gasteiger partial charge in [-0.25, -0.2) is 18.2 Å². The lowest BCUT2D eigenvalue weighted by molar-refractivity contribution is -0.0605. The molecule has 0 bridgehead atoms. The molecule has 1 amide bonds. The number of benzene rings is 1. The highest BCUT2D eigenvalue weighted by molar-refractivity contribution is 7.89. The van der Waals surface area contributed by atoms with Crippen molar-refractivity contribution in [3.05, 3.63) is 41.2 Å². The molecular weight excluding hydrogens is 358 g/mol. The number of piperidine rings is 1. The molecule has 0 spiro atoms. The normalized spacial score (nSPS) is 22.6. The zero-order valence-corrected chi connectivity index (χ0v) is 15.0. The summed E-state index contributed by atoms with van der Waals surface area (Å²) in [5, 5.41) is 13.2. The minimum atomic E-state index is -3.87. The molecular formula is C16H19N5O4S. The van der Waals surface area contributed by atoms with E-state index in [9.17, 15) is 13.2 Å². The fraction of sp³-hybridized carbons (Fsp3) is 0.438. The molecule has 1 aromatic carbocycles. The van der Waals surface area contributed by atoms with Gasteiger partial charge in [-0.05, 0) is 31.0 Å². The first-order valence-electron chi connectivity index (χ1n) is 8.28. The number of nitrogens with two attached hydrogens (primary N) is 1. The Balaban J connectivity index is 1.62. The van der Waals surface area contributed by atoms with E-state index < -0.39 is 10.0 Å². The zero-order valence-electron chi connectivity index (χ0n) is 14.2. The van der Waals surface area contributed by atoms with Crippen molar-refractivity contribution in [1.29, 1.82) is 0 Å². The first-order chi connectivity index (χ1) is 12.3. The number of likely N-dealkylation sites (tertiary alicyclic amines) is 1. The van der Waals surface area contributed by atoms with Crippen LogP contribution in [0.25, 0.3) is 0 Å². The monoisotopic (exact) mass is 377 g/mol. The molecule has 1 fully saturated rings. The van der Waals surface area contributed by atoms with Crippen molar-refractivity contribution < 1.29 is 17.9 Å². The topological polar surface area (TPSA) is 120 Å². The second-order valence-corrected chi connectivity index (χ2v) is 8.21. The number of aromatic nitrogens is 3. The van der Waals surface area contributed by atoms with E-state index in [2.05, 4.69) is 10.3 Å². The Labute approximate surface area is 150 Å². The first-order valence-corrected chi connectivity index (χ1v) is 9.82. The van der Waals surface area contributed by atoms with Gasteiger partial charge in [0.25, 0.3) is 5.91 Å². The third-order valence-corrected chi connectivity index (χ3v) is 5.89. The number of carbonyl (C=O) groups excluding carboxylic acids is 1. The van der Waals surface area contributed by atoms with Gasteiger partial charge in [-0.15, -0.1) is 5.10 Å². The van der Waals surface area contributed by atoms with Gasteiger partial charge in [0, 0.05) is 18.7 Å². The van der Waals surface area contributed by atoms with Crippen molar-refractivity contribution in [2.75, 3.05) is 13.1 Å². The maximum absolute atomic E-state index is 13.0. The molecule has 1 saturated heterocycles. The zero-order chi connectivity index (χ0) is 18.5. The van der Waals surface area contributed by atoms with Crippen LogP contribution in [0.2, 0.25) is 0 Å². The number of nitrogens with zero attached hydrogens (tertiary/aromatic N) is 4. The van der Waals surface area contributed by atoms with Crippen LogP contribution in [0.1, 0.15) is 34.1 Å². The van der Waals surface area contributed by atoms with Gasteiger partial charge < -0.3 is 9.64 Å². The predicted octanol–water partition coefficient (Wildman–Crippen LogP) is 0.220. The number of amides is 1. The first kappa shape index (κ1) is 17.1. The van der Waals surface area contributed by atoms with E-state index in [1.807, 2.05) is 4.68 Å². The van der Waals surface area contributed by atoms with Crippen LogP contribution in [0.4, 0.5) is 0 Å². The molecule has 10 heteroatoms. The van der Waals surface area contributed by atoms with E-state index in [-0.39, 0.29) is 22.9 Å². The molecule has 138 valence electrons. The predicted molar refractivity (Wildman–Crippen MR) is 90.7 cm³/mol. The molecule has 2 N–H and O–H groups in total. The molecule has 3 heterocycles. The van der Waals surface area contributed by atoms with Crippen molar-refractivity contribution in [2.45, 2.75) is 37.0 Å². The lowest BCUT2D eigenvalue weighted by Gasteiger charge is -2.41. The fourth-order valence-electron chi connectivity index (χ4n) is 3.54. The Kier molecular flexibility index (Phi) is 4.05. The van der Waals surface area contributed by atoms with E-state index in [0.717, 1.165) is 5.69 Å². The summed E-state index contributed by atoms with van der Waals surface area (Å²) < 4.78 is 30.9. The summed E-state index contributed by atoms with van der Waals surface area (Å²) in [5.41, 5.74) is 1.92. The maximum Gasteiger partial charge on any atom is 0.254 e. The number of primary sulfonamides is 1. The number of fused-ring (bicyclic) bond motifs is 3. The van der Waals surface area contributed by atoms with Gasteiger partial charge in [0.05, 0.1) is 35.5 Å². The molecule has 2 atom stereocenters. The largest absolute Gasteiger partial charge is 0.370 e. The van der Waals surface area contributed by atoms with Crippen LogP contribution in [-0.4, -0.2) is 53.4 Å². The third kappa shape index (κ3) is 2.89. The Morgan fingerprint density at radius 1 is 1.38 bits per heavy atom. The summed E-state index contributed by atoms with van der Waals surface area (Å²) >= 11 is 0. The Hall–Kier alpha value is -2.30. The van der Waals surface area contributed by atoms with Crippen LogP contribution >= 0.6 is 0 Å². The van der Waals surface area contributed by atoms with Crippen molar-refractivity contribution in [3.63, 3.8) is 0 Å².